The zero-order valence-corrected chi connectivity index (χ0v) is 13.0. The van der Waals surface area contributed by atoms with E-state index in [0.29, 0.717) is 30.4 Å². The molecule has 20 heavy (non-hydrogen) atoms. The molecular weight excluding hydrogens is 318 g/mol. The fourth-order valence-corrected chi connectivity index (χ4v) is 1.99. The third kappa shape index (κ3) is 3.90. The first-order valence-electron chi connectivity index (χ1n) is 6.59. The second-order valence-electron chi connectivity index (χ2n) is 4.43. The molecule has 0 heterocycles. The molecule has 0 aliphatic rings. The van der Waals surface area contributed by atoms with Crippen LogP contribution in [0.15, 0.2) is 46.9 Å². The predicted molar refractivity (Wildman–Crippen MR) is 85.1 cm³/mol. The molecule has 0 bridgehead atoms. The monoisotopic (exact) mass is 335 g/mol. The van der Waals surface area contributed by atoms with Gasteiger partial charge in [-0.3, -0.25) is 0 Å². The molecule has 0 fully saturated rings. The third-order valence-electron chi connectivity index (χ3n) is 2.80. The Bertz CT molecular complexity index is 555. The van der Waals surface area contributed by atoms with Gasteiger partial charge in [0, 0.05) is 4.47 Å². The Hall–Kier alpha value is -1.68. The molecule has 2 aromatic carbocycles. The average Bonchev–Trinajstić information content (AvgIpc) is 2.47. The van der Waals surface area contributed by atoms with E-state index in [2.05, 4.69) is 22.9 Å². The lowest BCUT2D eigenvalue weighted by Crippen LogP contribution is -2.02. The second kappa shape index (κ2) is 7.20. The molecule has 0 saturated carbocycles. The van der Waals surface area contributed by atoms with E-state index < -0.39 is 0 Å². The summed E-state index contributed by atoms with van der Waals surface area (Å²) in [5.74, 6) is 1.33. The molecule has 3 nitrogen and oxygen atoms in total. The Morgan fingerprint density at radius 2 is 1.65 bits per heavy atom. The first kappa shape index (κ1) is 14.7. The van der Waals surface area contributed by atoms with Gasteiger partial charge in [0.1, 0.15) is 23.8 Å². The summed E-state index contributed by atoms with van der Waals surface area (Å²) >= 11 is 3.41. The summed E-state index contributed by atoms with van der Waals surface area (Å²) in [6.07, 6.45) is 0.948. The van der Waals surface area contributed by atoms with Crippen LogP contribution in [0.25, 0.3) is 0 Å². The zero-order chi connectivity index (χ0) is 14.4. The Morgan fingerprint density at radius 1 is 1.00 bits per heavy atom. The minimum Gasteiger partial charge on any atom is -0.491 e. The fraction of sp³-hybridized carbons (Fsp3) is 0.250. The van der Waals surface area contributed by atoms with Gasteiger partial charge in [-0.2, -0.15) is 0 Å². The summed E-state index contributed by atoms with van der Waals surface area (Å²) in [5, 5.41) is 0. The van der Waals surface area contributed by atoms with Crippen LogP contribution in [-0.4, -0.2) is 6.61 Å². The van der Waals surface area contributed by atoms with Crippen LogP contribution < -0.4 is 15.2 Å². The van der Waals surface area contributed by atoms with Gasteiger partial charge in [-0.25, -0.2) is 0 Å². The SMILES string of the molecule is CCCOc1cccc(OCc2ccc(Br)cc2)c1N. The fourth-order valence-electron chi connectivity index (χ4n) is 1.73. The molecule has 4 heteroatoms. The molecule has 106 valence electrons. The normalized spacial score (nSPS) is 10.3. The summed E-state index contributed by atoms with van der Waals surface area (Å²) in [6, 6.07) is 13.6. The van der Waals surface area contributed by atoms with E-state index in [-0.39, 0.29) is 0 Å². The third-order valence-corrected chi connectivity index (χ3v) is 3.32. The van der Waals surface area contributed by atoms with Crippen LogP contribution in [0.5, 0.6) is 11.5 Å². The number of ether oxygens (including phenoxy) is 2. The number of para-hydroxylation sites is 1. The van der Waals surface area contributed by atoms with Crippen LogP contribution in [0.4, 0.5) is 5.69 Å². The number of benzene rings is 2. The van der Waals surface area contributed by atoms with E-state index in [1.807, 2.05) is 42.5 Å². The summed E-state index contributed by atoms with van der Waals surface area (Å²) in [7, 11) is 0. The maximum Gasteiger partial charge on any atom is 0.146 e. The Labute approximate surface area is 127 Å². The van der Waals surface area contributed by atoms with Crippen molar-refractivity contribution in [3.05, 3.63) is 52.5 Å². The first-order chi connectivity index (χ1) is 9.70. The molecule has 0 saturated heterocycles. The van der Waals surface area contributed by atoms with Gasteiger partial charge >= 0.3 is 0 Å². The second-order valence-corrected chi connectivity index (χ2v) is 5.35. The van der Waals surface area contributed by atoms with Gasteiger partial charge in [-0.1, -0.05) is 41.1 Å². The van der Waals surface area contributed by atoms with Crippen molar-refractivity contribution in [1.82, 2.24) is 0 Å². The number of hydrogen-bond acceptors (Lipinski definition) is 3. The van der Waals surface area contributed by atoms with Gasteiger partial charge < -0.3 is 15.2 Å². The van der Waals surface area contributed by atoms with E-state index in [1.165, 1.54) is 0 Å². The highest BCUT2D eigenvalue weighted by Gasteiger charge is 2.07. The minimum absolute atomic E-state index is 0.481. The lowest BCUT2D eigenvalue weighted by atomic mass is 10.2. The lowest BCUT2D eigenvalue weighted by molar-refractivity contribution is 0.298. The first-order valence-corrected chi connectivity index (χ1v) is 7.38. The molecule has 0 spiro atoms. The van der Waals surface area contributed by atoms with Crippen LogP contribution in [0, 0.1) is 0 Å². The topological polar surface area (TPSA) is 44.5 Å². The van der Waals surface area contributed by atoms with E-state index in [0.717, 1.165) is 16.5 Å². The summed E-state index contributed by atoms with van der Waals surface area (Å²) in [5.41, 5.74) is 7.70. The van der Waals surface area contributed by atoms with E-state index in [1.54, 1.807) is 0 Å². The molecule has 0 radical (unpaired) electrons. The molecule has 0 aromatic heterocycles. The predicted octanol–water partition coefficient (Wildman–Crippen LogP) is 4.40. The van der Waals surface area contributed by atoms with Crippen molar-refractivity contribution in [3.63, 3.8) is 0 Å². The largest absolute Gasteiger partial charge is 0.491 e. The highest BCUT2D eigenvalue weighted by Crippen LogP contribution is 2.32. The Kier molecular flexibility index (Phi) is 5.30. The molecule has 2 rings (SSSR count). The molecule has 2 aromatic rings. The quantitative estimate of drug-likeness (QED) is 0.795. The van der Waals surface area contributed by atoms with Crippen LogP contribution in [0.1, 0.15) is 18.9 Å². The lowest BCUT2D eigenvalue weighted by Gasteiger charge is -2.13. The van der Waals surface area contributed by atoms with Gasteiger partial charge in [0.2, 0.25) is 0 Å². The van der Waals surface area contributed by atoms with E-state index >= 15 is 0 Å². The van der Waals surface area contributed by atoms with Crippen LogP contribution in [0.2, 0.25) is 0 Å². The van der Waals surface area contributed by atoms with Crippen molar-refractivity contribution in [2.75, 3.05) is 12.3 Å². The number of halogens is 1. The molecule has 0 unspecified atom stereocenters. The highest BCUT2D eigenvalue weighted by atomic mass is 79.9. The number of nitrogen functional groups attached to an aromatic ring is 1. The highest BCUT2D eigenvalue weighted by molar-refractivity contribution is 9.10. The van der Waals surface area contributed by atoms with Crippen LogP contribution >= 0.6 is 15.9 Å². The van der Waals surface area contributed by atoms with Gasteiger partial charge in [0.15, 0.2) is 0 Å². The Balaban J connectivity index is 2.03. The van der Waals surface area contributed by atoms with E-state index in [9.17, 15) is 0 Å². The maximum atomic E-state index is 6.05. The van der Waals surface area contributed by atoms with Crippen molar-refractivity contribution in [2.24, 2.45) is 0 Å². The molecule has 2 N–H and O–H groups in total. The van der Waals surface area contributed by atoms with Crippen LogP contribution in [-0.2, 0) is 6.61 Å². The van der Waals surface area contributed by atoms with Crippen molar-refractivity contribution in [1.29, 1.82) is 0 Å². The maximum absolute atomic E-state index is 6.05. The van der Waals surface area contributed by atoms with Gasteiger partial charge in [0.05, 0.1) is 6.61 Å². The van der Waals surface area contributed by atoms with Crippen LogP contribution in [0.3, 0.4) is 0 Å². The van der Waals surface area contributed by atoms with Crippen molar-refractivity contribution in [3.8, 4) is 11.5 Å². The van der Waals surface area contributed by atoms with Gasteiger partial charge in [-0.05, 0) is 36.2 Å². The number of hydrogen-bond donors (Lipinski definition) is 1. The van der Waals surface area contributed by atoms with E-state index in [4.69, 9.17) is 15.2 Å². The minimum atomic E-state index is 0.481. The molecule has 0 aliphatic heterocycles. The van der Waals surface area contributed by atoms with Crippen molar-refractivity contribution >= 4 is 21.6 Å². The number of nitrogens with two attached hydrogens (primary N) is 1. The van der Waals surface area contributed by atoms with Gasteiger partial charge in [0.25, 0.3) is 0 Å². The summed E-state index contributed by atoms with van der Waals surface area (Å²) in [6.45, 7) is 3.19. The molecule has 0 aliphatic carbocycles. The number of rotatable bonds is 6. The average molecular weight is 336 g/mol. The summed E-state index contributed by atoms with van der Waals surface area (Å²) in [4.78, 5) is 0. The summed E-state index contributed by atoms with van der Waals surface area (Å²) < 4.78 is 12.4. The standard InChI is InChI=1S/C16H18BrNO2/c1-2-10-19-14-4-3-5-15(16(14)18)20-11-12-6-8-13(17)9-7-12/h3-9H,2,10-11,18H2,1H3. The molecule has 0 atom stereocenters. The zero-order valence-electron chi connectivity index (χ0n) is 11.4. The number of anilines is 1. The molecule has 0 amide bonds. The smallest absolute Gasteiger partial charge is 0.146 e. The van der Waals surface area contributed by atoms with Crippen molar-refractivity contribution in [2.45, 2.75) is 20.0 Å². The van der Waals surface area contributed by atoms with Gasteiger partial charge in [-0.15, -0.1) is 0 Å². The van der Waals surface area contributed by atoms with Crippen molar-refractivity contribution < 1.29 is 9.47 Å². The molecular formula is C16H18BrNO2. The Morgan fingerprint density at radius 3 is 2.30 bits per heavy atom.